The molecule has 1 amide bonds. The summed E-state index contributed by atoms with van der Waals surface area (Å²) in [5.41, 5.74) is 2.51. The largest absolute Gasteiger partial charge is 0.336 e. The number of carbonyl (C=O) groups is 1. The molecule has 3 rings (SSSR count). The maximum Gasteiger partial charge on any atom is 0.272 e. The second-order valence-electron chi connectivity index (χ2n) is 6.25. The summed E-state index contributed by atoms with van der Waals surface area (Å²) in [7, 11) is 1.85. The van der Waals surface area contributed by atoms with E-state index in [2.05, 4.69) is 30.9 Å². The summed E-state index contributed by atoms with van der Waals surface area (Å²) in [6.45, 7) is 5.90. The Bertz CT molecular complexity index is 778. The van der Waals surface area contributed by atoms with Gasteiger partial charge in [-0.2, -0.15) is 5.10 Å². The van der Waals surface area contributed by atoms with Crippen LogP contribution in [0.2, 0.25) is 5.15 Å². The lowest BCUT2D eigenvalue weighted by Crippen LogP contribution is -2.35. The number of hydrogen-bond acceptors (Lipinski definition) is 4. The zero-order chi connectivity index (χ0) is 18.0. The Morgan fingerprint density at radius 1 is 1.28 bits per heavy atom. The maximum atomic E-state index is 12.7. The zero-order valence-corrected chi connectivity index (χ0v) is 16.7. The van der Waals surface area contributed by atoms with Gasteiger partial charge in [0.1, 0.15) is 15.5 Å². The lowest BCUT2D eigenvalue weighted by molar-refractivity contribution is 0.0755. The molecule has 0 spiro atoms. The lowest BCUT2D eigenvalue weighted by Gasteiger charge is -2.22. The number of halogens is 2. The fraction of sp³-hybridized carbons (Fsp3) is 0.471. The Morgan fingerprint density at radius 2 is 2.08 bits per heavy atom. The van der Waals surface area contributed by atoms with E-state index in [1.807, 2.05) is 31.0 Å². The van der Waals surface area contributed by atoms with E-state index < -0.39 is 0 Å². The van der Waals surface area contributed by atoms with Crippen LogP contribution in [0.3, 0.4) is 0 Å². The molecule has 2 aromatic rings. The van der Waals surface area contributed by atoms with Crippen LogP contribution >= 0.6 is 27.5 Å². The molecule has 6 nitrogen and oxygen atoms in total. The van der Waals surface area contributed by atoms with Gasteiger partial charge in [-0.05, 0) is 41.4 Å². The standard InChI is InChI=1S/C17H21BrClN5O/c1-12-13(16(19)22(2)21-12)11-23-7-4-8-24(10-9-23)17(25)14-5-3-6-15(18)20-14/h3,5-6H,4,7-11H2,1-2H3. The lowest BCUT2D eigenvalue weighted by atomic mass is 10.2. The zero-order valence-electron chi connectivity index (χ0n) is 14.4. The second-order valence-corrected chi connectivity index (χ2v) is 7.42. The first-order valence-corrected chi connectivity index (χ1v) is 9.45. The van der Waals surface area contributed by atoms with Gasteiger partial charge < -0.3 is 4.90 Å². The van der Waals surface area contributed by atoms with Gasteiger partial charge in [-0.1, -0.05) is 17.7 Å². The molecule has 1 fully saturated rings. The molecule has 1 aliphatic rings. The van der Waals surface area contributed by atoms with E-state index in [1.165, 1.54) is 0 Å². The molecule has 134 valence electrons. The minimum absolute atomic E-state index is 0.0151. The first-order chi connectivity index (χ1) is 12.0. The predicted octanol–water partition coefficient (Wildman–Crippen LogP) is 2.89. The van der Waals surface area contributed by atoms with Crippen molar-refractivity contribution in [3.63, 3.8) is 0 Å². The predicted molar refractivity (Wildman–Crippen MR) is 101 cm³/mol. The molecule has 0 unspecified atom stereocenters. The summed E-state index contributed by atoms with van der Waals surface area (Å²) < 4.78 is 2.38. The Morgan fingerprint density at radius 3 is 2.76 bits per heavy atom. The molecule has 1 saturated heterocycles. The van der Waals surface area contributed by atoms with E-state index in [0.29, 0.717) is 22.0 Å². The molecule has 25 heavy (non-hydrogen) atoms. The smallest absolute Gasteiger partial charge is 0.272 e. The minimum atomic E-state index is -0.0151. The molecule has 0 aromatic carbocycles. The fourth-order valence-electron chi connectivity index (χ4n) is 3.10. The summed E-state index contributed by atoms with van der Waals surface area (Å²) in [6, 6.07) is 5.41. The van der Waals surface area contributed by atoms with Crippen molar-refractivity contribution in [2.75, 3.05) is 26.2 Å². The molecule has 2 aromatic heterocycles. The van der Waals surface area contributed by atoms with Crippen LogP contribution in [0.25, 0.3) is 0 Å². The van der Waals surface area contributed by atoms with E-state index in [0.717, 1.165) is 43.9 Å². The molecule has 0 atom stereocenters. The average molecular weight is 427 g/mol. The number of rotatable bonds is 3. The molecule has 0 saturated carbocycles. The highest BCUT2D eigenvalue weighted by atomic mass is 79.9. The number of aryl methyl sites for hydroxylation is 2. The monoisotopic (exact) mass is 425 g/mol. The highest BCUT2D eigenvalue weighted by Crippen LogP contribution is 2.21. The van der Waals surface area contributed by atoms with Crippen LogP contribution in [0, 0.1) is 6.92 Å². The van der Waals surface area contributed by atoms with Crippen LogP contribution in [-0.2, 0) is 13.6 Å². The first kappa shape index (κ1) is 18.4. The number of amides is 1. The van der Waals surface area contributed by atoms with E-state index in [1.54, 1.807) is 10.7 Å². The first-order valence-electron chi connectivity index (χ1n) is 8.28. The Balaban J connectivity index is 1.65. The maximum absolute atomic E-state index is 12.7. The summed E-state index contributed by atoms with van der Waals surface area (Å²) in [4.78, 5) is 21.2. The van der Waals surface area contributed by atoms with Crippen molar-refractivity contribution >= 4 is 33.4 Å². The summed E-state index contributed by atoms with van der Waals surface area (Å²) in [5.74, 6) is -0.0151. The molecule has 3 heterocycles. The summed E-state index contributed by atoms with van der Waals surface area (Å²) in [5, 5.41) is 5.06. The van der Waals surface area contributed by atoms with Crippen LogP contribution in [0.15, 0.2) is 22.8 Å². The number of pyridine rings is 1. The van der Waals surface area contributed by atoms with Crippen molar-refractivity contribution < 1.29 is 4.79 Å². The number of aromatic nitrogens is 3. The third kappa shape index (κ3) is 4.22. The van der Waals surface area contributed by atoms with Crippen molar-refractivity contribution in [1.82, 2.24) is 24.6 Å². The van der Waals surface area contributed by atoms with Gasteiger partial charge in [-0.15, -0.1) is 0 Å². The van der Waals surface area contributed by atoms with Crippen LogP contribution in [0.4, 0.5) is 0 Å². The molecule has 0 bridgehead atoms. The Hall–Kier alpha value is -1.44. The van der Waals surface area contributed by atoms with Crippen molar-refractivity contribution in [3.8, 4) is 0 Å². The molecule has 1 aliphatic heterocycles. The van der Waals surface area contributed by atoms with Gasteiger partial charge in [0, 0.05) is 45.3 Å². The molecular formula is C17H21BrClN5O. The molecule has 0 aliphatic carbocycles. The van der Waals surface area contributed by atoms with Crippen molar-refractivity contribution in [2.24, 2.45) is 7.05 Å². The highest BCUT2D eigenvalue weighted by Gasteiger charge is 2.23. The van der Waals surface area contributed by atoms with Gasteiger partial charge in [-0.3, -0.25) is 14.4 Å². The van der Waals surface area contributed by atoms with Crippen molar-refractivity contribution in [3.05, 3.63) is 44.9 Å². The topological polar surface area (TPSA) is 54.3 Å². The molecule has 8 heteroatoms. The SMILES string of the molecule is Cc1nn(C)c(Cl)c1CN1CCCN(C(=O)c2cccc(Br)n2)CC1. The van der Waals surface area contributed by atoms with E-state index in [9.17, 15) is 4.79 Å². The van der Waals surface area contributed by atoms with Crippen molar-refractivity contribution in [1.29, 1.82) is 0 Å². The Kier molecular flexibility index (Phi) is 5.76. The van der Waals surface area contributed by atoms with E-state index in [-0.39, 0.29) is 5.91 Å². The van der Waals surface area contributed by atoms with Crippen LogP contribution in [-0.4, -0.2) is 56.7 Å². The van der Waals surface area contributed by atoms with E-state index in [4.69, 9.17) is 11.6 Å². The fourth-order valence-corrected chi connectivity index (χ4v) is 3.68. The van der Waals surface area contributed by atoms with E-state index >= 15 is 0 Å². The van der Waals surface area contributed by atoms with Crippen LogP contribution in [0.5, 0.6) is 0 Å². The normalized spacial score (nSPS) is 16.1. The average Bonchev–Trinajstić information content (AvgIpc) is 2.77. The third-order valence-electron chi connectivity index (χ3n) is 4.46. The molecular weight excluding hydrogens is 406 g/mol. The Labute approximate surface area is 160 Å². The summed E-state index contributed by atoms with van der Waals surface area (Å²) >= 11 is 9.67. The van der Waals surface area contributed by atoms with Crippen molar-refractivity contribution in [2.45, 2.75) is 19.9 Å². The minimum Gasteiger partial charge on any atom is -0.336 e. The van der Waals surface area contributed by atoms with Gasteiger partial charge in [0.15, 0.2) is 0 Å². The number of carbonyl (C=O) groups excluding carboxylic acids is 1. The summed E-state index contributed by atoms with van der Waals surface area (Å²) in [6.07, 6.45) is 0.927. The van der Waals surface area contributed by atoms with Gasteiger partial charge in [0.25, 0.3) is 5.91 Å². The second kappa shape index (κ2) is 7.85. The van der Waals surface area contributed by atoms with Crippen LogP contribution < -0.4 is 0 Å². The quantitative estimate of drug-likeness (QED) is 0.708. The van der Waals surface area contributed by atoms with Gasteiger partial charge in [-0.25, -0.2) is 4.98 Å². The van der Waals surface area contributed by atoms with Crippen LogP contribution in [0.1, 0.15) is 28.2 Å². The number of hydrogen-bond donors (Lipinski definition) is 0. The molecule has 0 N–H and O–H groups in total. The van der Waals surface area contributed by atoms with Gasteiger partial charge in [0.05, 0.1) is 5.69 Å². The number of nitrogens with zero attached hydrogens (tertiary/aromatic N) is 5. The molecule has 0 radical (unpaired) electrons. The van der Waals surface area contributed by atoms with Gasteiger partial charge >= 0.3 is 0 Å². The van der Waals surface area contributed by atoms with Gasteiger partial charge in [0.2, 0.25) is 0 Å². The highest BCUT2D eigenvalue weighted by molar-refractivity contribution is 9.10. The third-order valence-corrected chi connectivity index (χ3v) is 5.38.